The number of hydrogen-bond donors (Lipinski definition) is 1. The lowest BCUT2D eigenvalue weighted by atomic mass is 10.1. The summed E-state index contributed by atoms with van der Waals surface area (Å²) in [5.41, 5.74) is 0.149. The maximum Gasteiger partial charge on any atom is 0.305 e. The molecule has 4 nitrogen and oxygen atoms in total. The van der Waals surface area contributed by atoms with Crippen LogP contribution in [-0.4, -0.2) is 14.9 Å². The van der Waals surface area contributed by atoms with Crippen LogP contribution >= 0.6 is 11.6 Å². The van der Waals surface area contributed by atoms with E-state index >= 15 is 0 Å². The van der Waals surface area contributed by atoms with E-state index in [9.17, 15) is 10.0 Å². The van der Waals surface area contributed by atoms with E-state index < -0.39 is 5.56 Å². The van der Waals surface area contributed by atoms with Gasteiger partial charge >= 0.3 is 5.56 Å². The van der Waals surface area contributed by atoms with Crippen LogP contribution in [0.2, 0.25) is 5.15 Å². The first-order valence-corrected chi connectivity index (χ1v) is 5.25. The van der Waals surface area contributed by atoms with Gasteiger partial charge in [0.1, 0.15) is 11.4 Å². The van der Waals surface area contributed by atoms with E-state index in [0.717, 1.165) is 0 Å². The minimum Gasteiger partial charge on any atom is -0.425 e. The maximum atomic E-state index is 11.7. The lowest BCUT2D eigenvalue weighted by Crippen LogP contribution is -2.28. The topological polar surface area (TPSA) is 55.1 Å². The first-order valence-electron chi connectivity index (χ1n) is 4.87. The fourth-order valence-corrected chi connectivity index (χ4v) is 1.76. The van der Waals surface area contributed by atoms with Gasteiger partial charge in [-0.1, -0.05) is 39.3 Å². The predicted octanol–water partition coefficient (Wildman–Crippen LogP) is 2.38. The van der Waals surface area contributed by atoms with E-state index in [2.05, 4.69) is 4.98 Å². The first kappa shape index (κ1) is 12.0. The van der Waals surface area contributed by atoms with Crippen LogP contribution in [-0.2, 0) is 0 Å². The maximum absolute atomic E-state index is 11.7. The second-order valence-corrected chi connectivity index (χ2v) is 4.46. The van der Waals surface area contributed by atoms with Crippen LogP contribution in [0.25, 0.3) is 0 Å². The third-order valence-electron chi connectivity index (χ3n) is 2.16. The molecule has 1 aromatic heterocycles. The van der Waals surface area contributed by atoms with Gasteiger partial charge in [0.25, 0.3) is 0 Å². The highest BCUT2D eigenvalue weighted by molar-refractivity contribution is 6.30. The average molecular weight is 231 g/mol. The molecule has 0 radical (unpaired) electrons. The summed E-state index contributed by atoms with van der Waals surface area (Å²) in [7, 11) is 0. The molecule has 0 fully saturated rings. The second kappa shape index (κ2) is 4.23. The van der Waals surface area contributed by atoms with E-state index in [0.29, 0.717) is 10.4 Å². The van der Waals surface area contributed by atoms with Crippen molar-refractivity contribution in [3.8, 4) is 0 Å². The van der Waals surface area contributed by atoms with Crippen LogP contribution in [0.15, 0.2) is 4.79 Å². The number of nitrogens with zero attached hydrogens (tertiary/aromatic N) is 2. The fraction of sp³-hybridized carbons (Fsp3) is 0.600. The Morgan fingerprint density at radius 1 is 1.27 bits per heavy atom. The van der Waals surface area contributed by atoms with Gasteiger partial charge in [0.2, 0.25) is 0 Å². The van der Waals surface area contributed by atoms with Crippen molar-refractivity contribution in [3.63, 3.8) is 0 Å². The molecule has 15 heavy (non-hydrogen) atoms. The fourth-order valence-electron chi connectivity index (χ4n) is 1.37. The summed E-state index contributed by atoms with van der Waals surface area (Å²) in [5.74, 6) is -0.112. The molecule has 0 amide bonds. The SMILES string of the molecule is CC(C)c1nc(Cl)c(C(C)C)n(O)c1=O. The number of hydrogen-bond acceptors (Lipinski definition) is 3. The van der Waals surface area contributed by atoms with Crippen molar-refractivity contribution in [2.45, 2.75) is 39.5 Å². The molecule has 0 unspecified atom stereocenters. The normalized spacial score (nSPS) is 11.4. The Kier molecular flexibility index (Phi) is 3.39. The van der Waals surface area contributed by atoms with E-state index in [-0.39, 0.29) is 22.7 Å². The van der Waals surface area contributed by atoms with Crippen molar-refractivity contribution in [2.75, 3.05) is 0 Å². The minimum absolute atomic E-state index is 0.0519. The quantitative estimate of drug-likeness (QED) is 0.794. The zero-order valence-electron chi connectivity index (χ0n) is 9.28. The lowest BCUT2D eigenvalue weighted by Gasteiger charge is -2.13. The molecular formula is C10H15ClN2O2. The molecule has 5 heteroatoms. The molecule has 1 heterocycles. The summed E-state index contributed by atoms with van der Waals surface area (Å²) in [6.45, 7) is 7.33. The van der Waals surface area contributed by atoms with Crippen LogP contribution < -0.4 is 5.56 Å². The predicted molar refractivity (Wildman–Crippen MR) is 58.9 cm³/mol. The molecule has 1 aromatic rings. The van der Waals surface area contributed by atoms with Crippen LogP contribution in [0.5, 0.6) is 0 Å². The zero-order valence-corrected chi connectivity index (χ0v) is 10.0. The van der Waals surface area contributed by atoms with Gasteiger partial charge in [-0.05, 0) is 0 Å². The summed E-state index contributed by atoms with van der Waals surface area (Å²) in [4.78, 5) is 15.7. The van der Waals surface area contributed by atoms with Crippen molar-refractivity contribution in [1.29, 1.82) is 0 Å². The second-order valence-electron chi connectivity index (χ2n) is 4.10. The summed E-state index contributed by atoms with van der Waals surface area (Å²) >= 11 is 5.91. The van der Waals surface area contributed by atoms with Crippen molar-refractivity contribution in [3.05, 3.63) is 26.9 Å². The van der Waals surface area contributed by atoms with E-state index in [4.69, 9.17) is 11.6 Å². The Hall–Kier alpha value is -1.03. The standard InChI is InChI=1S/C10H15ClN2O2/c1-5(2)7-10(14)13(15)8(6(3)4)9(11)12-7/h5-6,15H,1-4H3. The lowest BCUT2D eigenvalue weighted by molar-refractivity contribution is 0.159. The van der Waals surface area contributed by atoms with Gasteiger partial charge in [-0.25, -0.2) is 4.98 Å². The highest BCUT2D eigenvalue weighted by Crippen LogP contribution is 2.21. The molecule has 0 spiro atoms. The molecular weight excluding hydrogens is 216 g/mol. The smallest absolute Gasteiger partial charge is 0.305 e. The molecule has 0 bridgehead atoms. The molecule has 1 rings (SSSR count). The minimum atomic E-state index is -0.488. The molecule has 0 aliphatic heterocycles. The van der Waals surface area contributed by atoms with Gasteiger partial charge in [-0.2, -0.15) is 0 Å². The van der Waals surface area contributed by atoms with Gasteiger partial charge in [0.05, 0.1) is 0 Å². The van der Waals surface area contributed by atoms with Crippen LogP contribution in [0.3, 0.4) is 0 Å². The van der Waals surface area contributed by atoms with Gasteiger partial charge in [-0.15, -0.1) is 4.73 Å². The average Bonchev–Trinajstić information content (AvgIpc) is 2.10. The molecule has 0 aliphatic rings. The molecule has 84 valence electrons. The van der Waals surface area contributed by atoms with Crippen molar-refractivity contribution in [1.82, 2.24) is 9.71 Å². The van der Waals surface area contributed by atoms with Crippen molar-refractivity contribution >= 4 is 11.6 Å². The number of rotatable bonds is 2. The number of aromatic nitrogens is 2. The summed E-state index contributed by atoms with van der Waals surface area (Å²) in [6, 6.07) is 0. The Morgan fingerprint density at radius 2 is 1.80 bits per heavy atom. The zero-order chi connectivity index (χ0) is 11.7. The Labute approximate surface area is 93.5 Å². The van der Waals surface area contributed by atoms with E-state index in [1.54, 1.807) is 0 Å². The molecule has 1 N–H and O–H groups in total. The van der Waals surface area contributed by atoms with Crippen molar-refractivity contribution in [2.24, 2.45) is 0 Å². The third kappa shape index (κ3) is 2.15. The molecule has 0 aliphatic carbocycles. The summed E-state index contributed by atoms with van der Waals surface area (Å²) < 4.78 is 0.606. The van der Waals surface area contributed by atoms with Gasteiger partial charge in [0.15, 0.2) is 5.15 Å². The summed E-state index contributed by atoms with van der Waals surface area (Å²) in [6.07, 6.45) is 0. The molecule has 0 saturated carbocycles. The highest BCUT2D eigenvalue weighted by atomic mass is 35.5. The Morgan fingerprint density at radius 3 is 2.20 bits per heavy atom. The third-order valence-corrected chi connectivity index (χ3v) is 2.44. The summed E-state index contributed by atoms with van der Waals surface area (Å²) in [5, 5.41) is 9.85. The Bertz CT molecular complexity index is 424. The molecule has 0 saturated heterocycles. The molecule has 0 aromatic carbocycles. The van der Waals surface area contributed by atoms with Crippen LogP contribution in [0, 0.1) is 0 Å². The van der Waals surface area contributed by atoms with Gasteiger partial charge < -0.3 is 5.21 Å². The monoisotopic (exact) mass is 230 g/mol. The van der Waals surface area contributed by atoms with Crippen LogP contribution in [0.1, 0.15) is 50.9 Å². The van der Waals surface area contributed by atoms with E-state index in [1.165, 1.54) is 0 Å². The molecule has 0 atom stereocenters. The van der Waals surface area contributed by atoms with Crippen LogP contribution in [0.4, 0.5) is 0 Å². The first-order chi connectivity index (χ1) is 6.86. The van der Waals surface area contributed by atoms with Gasteiger partial charge in [-0.3, -0.25) is 4.79 Å². The largest absolute Gasteiger partial charge is 0.425 e. The van der Waals surface area contributed by atoms with Gasteiger partial charge in [0, 0.05) is 11.8 Å². The Balaban J connectivity index is 3.52. The van der Waals surface area contributed by atoms with Crippen molar-refractivity contribution < 1.29 is 5.21 Å². The highest BCUT2D eigenvalue weighted by Gasteiger charge is 2.18. The number of halogens is 1. The van der Waals surface area contributed by atoms with E-state index in [1.807, 2.05) is 27.7 Å².